The molecule has 0 saturated carbocycles. The van der Waals surface area contributed by atoms with Crippen LogP contribution in [-0.2, 0) is 21.5 Å². The molecule has 0 amide bonds. The van der Waals surface area contributed by atoms with E-state index in [2.05, 4.69) is 22.8 Å². The average molecular weight is 304 g/mol. The number of fused-ring (bicyclic) bond motifs is 6. The van der Waals surface area contributed by atoms with Crippen molar-refractivity contribution in [2.24, 2.45) is 0 Å². The topological polar surface area (TPSA) is 44.1 Å². The number of hydrogen-bond donors (Lipinski definition) is 0. The molecule has 4 heteroatoms. The summed E-state index contributed by atoms with van der Waals surface area (Å²) in [6.45, 7) is 2.57. The van der Waals surface area contributed by atoms with Gasteiger partial charge in [0.05, 0.1) is 11.0 Å². The Kier molecular flexibility index (Phi) is 2.36. The van der Waals surface area contributed by atoms with Crippen molar-refractivity contribution >= 4 is 17.0 Å². The number of carbonyl (C=O) groups excluding carboxylic acids is 1. The zero-order chi connectivity index (χ0) is 15.6. The third-order valence-corrected chi connectivity index (χ3v) is 5.10. The van der Waals surface area contributed by atoms with E-state index in [1.54, 1.807) is 0 Å². The molecule has 0 bridgehead atoms. The minimum atomic E-state index is -0.591. The fourth-order valence-electron chi connectivity index (χ4n) is 4.15. The number of aromatic nitrogens is 2. The van der Waals surface area contributed by atoms with Gasteiger partial charge in [-0.15, -0.1) is 0 Å². The van der Waals surface area contributed by atoms with E-state index in [9.17, 15) is 4.79 Å². The molecule has 3 heterocycles. The van der Waals surface area contributed by atoms with Gasteiger partial charge in [0, 0.05) is 18.5 Å². The molecule has 2 aliphatic heterocycles. The van der Waals surface area contributed by atoms with Crippen LogP contribution in [0.4, 0.5) is 0 Å². The minimum Gasteiger partial charge on any atom is -0.462 e. The van der Waals surface area contributed by atoms with Crippen molar-refractivity contribution < 1.29 is 9.53 Å². The number of carbonyl (C=O) groups is 1. The third kappa shape index (κ3) is 1.55. The van der Waals surface area contributed by atoms with Gasteiger partial charge in [-0.1, -0.05) is 36.4 Å². The third-order valence-electron chi connectivity index (χ3n) is 5.10. The monoisotopic (exact) mass is 304 g/mol. The molecular weight excluding hydrogens is 288 g/mol. The SMILES string of the molecule is CC1CC2(Cn3c(nc4ccccc43)-c3ccccc32)C(=O)O1. The number of benzene rings is 2. The molecule has 2 unspecified atom stereocenters. The predicted molar refractivity (Wildman–Crippen MR) is 87.0 cm³/mol. The number of esters is 1. The number of cyclic esters (lactones) is 1. The molecule has 1 saturated heterocycles. The fourth-order valence-corrected chi connectivity index (χ4v) is 4.15. The summed E-state index contributed by atoms with van der Waals surface area (Å²) in [5.74, 6) is 0.834. The van der Waals surface area contributed by atoms with Crippen LogP contribution in [-0.4, -0.2) is 21.6 Å². The van der Waals surface area contributed by atoms with Gasteiger partial charge in [-0.05, 0) is 24.6 Å². The van der Waals surface area contributed by atoms with Crippen LogP contribution < -0.4 is 0 Å². The first-order chi connectivity index (χ1) is 11.2. The van der Waals surface area contributed by atoms with Gasteiger partial charge in [0.2, 0.25) is 0 Å². The smallest absolute Gasteiger partial charge is 0.318 e. The normalized spacial score (nSPS) is 25.4. The van der Waals surface area contributed by atoms with Crippen LogP contribution in [0.3, 0.4) is 0 Å². The van der Waals surface area contributed by atoms with Gasteiger partial charge in [0.1, 0.15) is 17.3 Å². The zero-order valence-corrected chi connectivity index (χ0v) is 12.8. The highest BCUT2D eigenvalue weighted by molar-refractivity contribution is 5.91. The number of hydrogen-bond acceptors (Lipinski definition) is 3. The van der Waals surface area contributed by atoms with E-state index in [1.807, 2.05) is 37.3 Å². The van der Waals surface area contributed by atoms with Gasteiger partial charge < -0.3 is 9.30 Å². The molecule has 2 aromatic carbocycles. The highest BCUT2D eigenvalue weighted by Gasteiger charge is 2.53. The van der Waals surface area contributed by atoms with Crippen molar-refractivity contribution in [2.45, 2.75) is 31.4 Å². The number of rotatable bonds is 0. The molecule has 0 radical (unpaired) electrons. The molecule has 1 spiro atoms. The van der Waals surface area contributed by atoms with Crippen molar-refractivity contribution in [3.63, 3.8) is 0 Å². The molecule has 3 aromatic rings. The lowest BCUT2D eigenvalue weighted by atomic mass is 9.73. The van der Waals surface area contributed by atoms with Crippen LogP contribution in [0, 0.1) is 0 Å². The Morgan fingerprint density at radius 2 is 1.96 bits per heavy atom. The summed E-state index contributed by atoms with van der Waals surface area (Å²) < 4.78 is 7.72. The van der Waals surface area contributed by atoms with Crippen LogP contribution in [0.1, 0.15) is 18.9 Å². The summed E-state index contributed by atoms with van der Waals surface area (Å²) in [4.78, 5) is 17.5. The lowest BCUT2D eigenvalue weighted by Crippen LogP contribution is -2.39. The van der Waals surface area contributed by atoms with Crippen molar-refractivity contribution in [1.82, 2.24) is 9.55 Å². The lowest BCUT2D eigenvalue weighted by Gasteiger charge is -2.33. The second-order valence-corrected chi connectivity index (χ2v) is 6.56. The quantitative estimate of drug-likeness (QED) is 0.599. The van der Waals surface area contributed by atoms with Crippen LogP contribution in [0.15, 0.2) is 48.5 Å². The molecule has 23 heavy (non-hydrogen) atoms. The molecule has 2 aliphatic rings. The summed E-state index contributed by atoms with van der Waals surface area (Å²) in [5, 5.41) is 0. The van der Waals surface area contributed by atoms with Crippen LogP contribution in [0.25, 0.3) is 22.4 Å². The van der Waals surface area contributed by atoms with E-state index < -0.39 is 5.41 Å². The molecule has 114 valence electrons. The minimum absolute atomic E-state index is 0.0492. The molecule has 1 aromatic heterocycles. The van der Waals surface area contributed by atoms with Gasteiger partial charge in [-0.25, -0.2) is 4.98 Å². The van der Waals surface area contributed by atoms with E-state index >= 15 is 0 Å². The first-order valence-corrected chi connectivity index (χ1v) is 7.95. The number of para-hydroxylation sites is 2. The highest BCUT2D eigenvalue weighted by atomic mass is 16.6. The van der Waals surface area contributed by atoms with Crippen LogP contribution >= 0.6 is 0 Å². The molecular formula is C19H16N2O2. The Labute approximate surface area is 133 Å². The van der Waals surface area contributed by atoms with Gasteiger partial charge in [0.15, 0.2) is 0 Å². The number of imidazole rings is 1. The predicted octanol–water partition coefficient (Wildman–Crippen LogP) is 3.29. The standard InChI is InChI=1S/C19H16N2O2/c1-12-10-19(18(22)23-12)11-21-16-9-5-4-8-15(16)20-17(21)13-6-2-3-7-14(13)19/h2-9,12H,10-11H2,1H3. The second kappa shape index (κ2) is 4.22. The number of ether oxygens (including phenoxy) is 1. The zero-order valence-electron chi connectivity index (χ0n) is 12.8. The average Bonchev–Trinajstić information content (AvgIpc) is 3.06. The maximum Gasteiger partial charge on any atom is 0.318 e. The van der Waals surface area contributed by atoms with Crippen molar-refractivity contribution in [3.8, 4) is 11.4 Å². The molecule has 2 atom stereocenters. The van der Waals surface area contributed by atoms with Gasteiger partial charge in [0.25, 0.3) is 0 Å². The fraction of sp³-hybridized carbons (Fsp3) is 0.263. The van der Waals surface area contributed by atoms with E-state index in [-0.39, 0.29) is 12.1 Å². The van der Waals surface area contributed by atoms with Crippen LogP contribution in [0.2, 0.25) is 0 Å². The largest absolute Gasteiger partial charge is 0.462 e. The first-order valence-electron chi connectivity index (χ1n) is 7.95. The van der Waals surface area contributed by atoms with Gasteiger partial charge in [-0.2, -0.15) is 0 Å². The van der Waals surface area contributed by atoms with Crippen LogP contribution in [0.5, 0.6) is 0 Å². The maximum absolute atomic E-state index is 12.7. The Bertz CT molecular complexity index is 959. The molecule has 4 nitrogen and oxygen atoms in total. The molecule has 1 fully saturated rings. The molecule has 0 aliphatic carbocycles. The second-order valence-electron chi connectivity index (χ2n) is 6.56. The molecule has 5 rings (SSSR count). The van der Waals surface area contributed by atoms with E-state index in [4.69, 9.17) is 9.72 Å². The van der Waals surface area contributed by atoms with Gasteiger partial charge in [-0.3, -0.25) is 4.79 Å². The Morgan fingerprint density at radius 1 is 1.17 bits per heavy atom. The maximum atomic E-state index is 12.7. The lowest BCUT2D eigenvalue weighted by molar-refractivity contribution is -0.145. The van der Waals surface area contributed by atoms with E-state index in [0.29, 0.717) is 6.54 Å². The van der Waals surface area contributed by atoms with Crippen molar-refractivity contribution in [1.29, 1.82) is 0 Å². The molecule has 0 N–H and O–H groups in total. The van der Waals surface area contributed by atoms with Crippen molar-refractivity contribution in [3.05, 3.63) is 54.1 Å². The number of nitrogens with zero attached hydrogens (tertiary/aromatic N) is 2. The summed E-state index contributed by atoms with van der Waals surface area (Å²) in [7, 11) is 0. The van der Waals surface area contributed by atoms with Crippen molar-refractivity contribution in [2.75, 3.05) is 0 Å². The van der Waals surface area contributed by atoms with Gasteiger partial charge >= 0.3 is 5.97 Å². The summed E-state index contributed by atoms with van der Waals surface area (Å²) in [6, 6.07) is 16.2. The summed E-state index contributed by atoms with van der Waals surface area (Å²) >= 11 is 0. The van der Waals surface area contributed by atoms with E-state index in [0.717, 1.165) is 34.4 Å². The van der Waals surface area contributed by atoms with E-state index in [1.165, 1.54) is 0 Å². The Morgan fingerprint density at radius 3 is 2.78 bits per heavy atom. The summed E-state index contributed by atoms with van der Waals surface area (Å²) in [6.07, 6.45) is 0.668. The first kappa shape index (κ1) is 12.9. The Hall–Kier alpha value is -2.62. The summed E-state index contributed by atoms with van der Waals surface area (Å²) in [5.41, 5.74) is 3.54. The Balaban J connectivity index is 1.86. The highest BCUT2D eigenvalue weighted by Crippen LogP contribution is 2.47.